The van der Waals surface area contributed by atoms with Gasteiger partial charge in [0.25, 0.3) is 5.91 Å². The second-order valence-corrected chi connectivity index (χ2v) is 5.96. The average Bonchev–Trinajstić information content (AvgIpc) is 2.77. The highest BCUT2D eigenvalue weighted by molar-refractivity contribution is 6.29. The van der Waals surface area contributed by atoms with E-state index in [2.05, 4.69) is 10.3 Å². The minimum absolute atomic E-state index is 0.00692. The van der Waals surface area contributed by atoms with Gasteiger partial charge in [-0.15, -0.1) is 0 Å². The quantitative estimate of drug-likeness (QED) is 0.809. The van der Waals surface area contributed by atoms with Gasteiger partial charge in [0.1, 0.15) is 11.0 Å². The minimum atomic E-state index is -0.472. The second-order valence-electron chi connectivity index (χ2n) is 5.58. The molecule has 1 aliphatic heterocycles. The van der Waals surface area contributed by atoms with Crippen LogP contribution in [-0.2, 0) is 0 Å². The lowest BCUT2D eigenvalue weighted by Gasteiger charge is -2.27. The van der Waals surface area contributed by atoms with Crippen molar-refractivity contribution < 1.29 is 9.90 Å². The zero-order valence-electron chi connectivity index (χ0n) is 12.5. The van der Waals surface area contributed by atoms with E-state index in [0.29, 0.717) is 24.3 Å². The number of likely N-dealkylation sites (N-methyl/N-ethyl adjacent to an activating group) is 1. The third kappa shape index (κ3) is 3.84. The van der Waals surface area contributed by atoms with Gasteiger partial charge in [-0.1, -0.05) is 11.6 Å². The number of rotatable bonds is 4. The molecule has 2 unspecified atom stereocenters. The summed E-state index contributed by atoms with van der Waals surface area (Å²) < 4.78 is 0. The molecule has 2 heterocycles. The highest BCUT2D eigenvalue weighted by Gasteiger charge is 2.35. The predicted molar refractivity (Wildman–Crippen MR) is 82.8 cm³/mol. The summed E-state index contributed by atoms with van der Waals surface area (Å²) in [6, 6.07) is 3.24. The molecule has 21 heavy (non-hydrogen) atoms. The molecule has 0 spiro atoms. The number of carbonyl (C=O) groups is 1. The van der Waals surface area contributed by atoms with E-state index in [0.717, 1.165) is 6.54 Å². The number of nitrogens with one attached hydrogen (secondary N) is 1. The number of carbonyl (C=O) groups excluding carboxylic acids is 1. The third-order valence-corrected chi connectivity index (χ3v) is 3.72. The van der Waals surface area contributed by atoms with Crippen molar-refractivity contribution in [3.63, 3.8) is 0 Å². The molecule has 0 aliphatic carbocycles. The summed E-state index contributed by atoms with van der Waals surface area (Å²) in [5.74, 6) is 0.425. The van der Waals surface area contributed by atoms with Crippen LogP contribution in [-0.4, -0.2) is 72.2 Å². The Bertz CT molecular complexity index is 524. The average molecular weight is 313 g/mol. The first-order valence-electron chi connectivity index (χ1n) is 6.89. The number of halogens is 1. The lowest BCUT2D eigenvalue weighted by molar-refractivity contribution is 0.0699. The summed E-state index contributed by atoms with van der Waals surface area (Å²) in [6.45, 7) is 1.08. The summed E-state index contributed by atoms with van der Waals surface area (Å²) in [6.07, 6.45) is 0.127. The number of nitrogens with zero attached hydrogens (tertiary/aromatic N) is 3. The summed E-state index contributed by atoms with van der Waals surface area (Å²) in [5.41, 5.74) is 0.484. The lowest BCUT2D eigenvalue weighted by Crippen LogP contribution is -2.41. The van der Waals surface area contributed by atoms with Crippen LogP contribution in [0.4, 0.5) is 5.82 Å². The number of hydrogen-bond donors (Lipinski definition) is 2. The third-order valence-electron chi connectivity index (χ3n) is 3.53. The van der Waals surface area contributed by atoms with Crippen LogP contribution in [0.15, 0.2) is 12.1 Å². The van der Waals surface area contributed by atoms with E-state index >= 15 is 0 Å². The molecule has 1 aromatic rings. The number of amides is 1. The van der Waals surface area contributed by atoms with Gasteiger partial charge in [0.05, 0.1) is 6.10 Å². The fourth-order valence-electron chi connectivity index (χ4n) is 2.65. The van der Waals surface area contributed by atoms with Gasteiger partial charge in [-0.05, 0) is 32.6 Å². The van der Waals surface area contributed by atoms with Gasteiger partial charge in [-0.2, -0.15) is 0 Å². The van der Waals surface area contributed by atoms with Gasteiger partial charge >= 0.3 is 0 Å². The molecule has 1 fully saturated rings. The van der Waals surface area contributed by atoms with Crippen molar-refractivity contribution in [2.24, 2.45) is 0 Å². The smallest absolute Gasteiger partial charge is 0.254 e. The van der Waals surface area contributed by atoms with Crippen molar-refractivity contribution in [1.82, 2.24) is 14.8 Å². The molecule has 0 bridgehead atoms. The first kappa shape index (κ1) is 16.0. The number of aliphatic hydroxyl groups is 1. The molecule has 1 amide bonds. The maximum Gasteiger partial charge on any atom is 0.254 e. The Labute approximate surface area is 129 Å². The Kier molecular flexibility index (Phi) is 5.03. The van der Waals surface area contributed by atoms with Gasteiger partial charge in [0, 0.05) is 31.7 Å². The van der Waals surface area contributed by atoms with Crippen LogP contribution >= 0.6 is 11.6 Å². The van der Waals surface area contributed by atoms with E-state index in [1.165, 1.54) is 0 Å². The highest BCUT2D eigenvalue weighted by atomic mass is 35.5. The van der Waals surface area contributed by atoms with Crippen LogP contribution in [0.3, 0.4) is 0 Å². The molecule has 7 heteroatoms. The number of anilines is 1. The van der Waals surface area contributed by atoms with E-state index in [1.807, 2.05) is 19.0 Å². The van der Waals surface area contributed by atoms with Crippen molar-refractivity contribution in [3.05, 3.63) is 22.8 Å². The van der Waals surface area contributed by atoms with Gasteiger partial charge in [0.15, 0.2) is 0 Å². The number of β-amino-alcohol motifs (C(OH)–C–C–N with tert-alkyl or cyclic N) is 1. The molecule has 2 rings (SSSR count). The molecule has 0 aromatic carbocycles. The topological polar surface area (TPSA) is 68.7 Å². The van der Waals surface area contributed by atoms with E-state index in [4.69, 9.17) is 11.6 Å². The molecule has 2 N–H and O–H groups in total. The number of aromatic nitrogens is 1. The van der Waals surface area contributed by atoms with Gasteiger partial charge in [-0.3, -0.25) is 4.79 Å². The van der Waals surface area contributed by atoms with E-state index in [9.17, 15) is 9.90 Å². The Morgan fingerprint density at radius 2 is 2.29 bits per heavy atom. The fourth-order valence-corrected chi connectivity index (χ4v) is 2.86. The van der Waals surface area contributed by atoms with Crippen molar-refractivity contribution in [3.8, 4) is 0 Å². The number of hydrogen-bond acceptors (Lipinski definition) is 5. The van der Waals surface area contributed by atoms with Gasteiger partial charge < -0.3 is 20.2 Å². The lowest BCUT2D eigenvalue weighted by atomic mass is 10.1. The maximum atomic E-state index is 12.7. The zero-order chi connectivity index (χ0) is 15.6. The fraction of sp³-hybridized carbons (Fsp3) is 0.571. The summed E-state index contributed by atoms with van der Waals surface area (Å²) in [4.78, 5) is 20.5. The van der Waals surface area contributed by atoms with Crippen LogP contribution in [0.2, 0.25) is 5.15 Å². The van der Waals surface area contributed by atoms with Crippen LogP contribution < -0.4 is 5.32 Å². The largest absolute Gasteiger partial charge is 0.391 e. The molecule has 1 aromatic heterocycles. The maximum absolute atomic E-state index is 12.7. The van der Waals surface area contributed by atoms with Gasteiger partial charge in [0.2, 0.25) is 0 Å². The summed E-state index contributed by atoms with van der Waals surface area (Å²) >= 11 is 5.95. The van der Waals surface area contributed by atoms with Crippen molar-refractivity contribution in [2.45, 2.75) is 18.6 Å². The second kappa shape index (κ2) is 6.60. The summed E-state index contributed by atoms with van der Waals surface area (Å²) in [7, 11) is 5.63. The molecular formula is C14H21ClN4O2. The Balaban J connectivity index is 2.23. The molecule has 1 saturated heterocycles. The molecule has 116 valence electrons. The van der Waals surface area contributed by atoms with Crippen molar-refractivity contribution >= 4 is 23.3 Å². The first-order valence-corrected chi connectivity index (χ1v) is 7.27. The Morgan fingerprint density at radius 3 is 2.90 bits per heavy atom. The van der Waals surface area contributed by atoms with Crippen molar-refractivity contribution in [2.75, 3.05) is 39.5 Å². The van der Waals surface area contributed by atoms with E-state index in [-0.39, 0.29) is 17.1 Å². The van der Waals surface area contributed by atoms with Crippen LogP contribution in [0.5, 0.6) is 0 Å². The van der Waals surface area contributed by atoms with Crippen molar-refractivity contribution in [1.29, 1.82) is 0 Å². The summed E-state index contributed by atoms with van der Waals surface area (Å²) in [5, 5.41) is 13.0. The van der Waals surface area contributed by atoms with Crippen LogP contribution in [0.25, 0.3) is 0 Å². The SMILES string of the molecule is CNc1cc(C(=O)N2CC(O)CC2CN(C)C)cc(Cl)n1. The standard InChI is InChI=1S/C14H21ClN4O2/c1-16-13-5-9(4-12(15)17-13)14(21)19-8-11(20)6-10(19)7-18(2)3/h4-5,10-11,20H,6-8H2,1-3H3,(H,16,17). The molecule has 0 radical (unpaired) electrons. The minimum Gasteiger partial charge on any atom is -0.391 e. The van der Waals surface area contributed by atoms with E-state index < -0.39 is 6.10 Å². The molecule has 2 atom stereocenters. The normalized spacial score (nSPS) is 21.9. The van der Waals surface area contributed by atoms with Gasteiger partial charge in [-0.25, -0.2) is 4.98 Å². The molecule has 6 nitrogen and oxygen atoms in total. The van der Waals surface area contributed by atoms with Crippen LogP contribution in [0, 0.1) is 0 Å². The number of likely N-dealkylation sites (tertiary alicyclic amines) is 1. The zero-order valence-corrected chi connectivity index (χ0v) is 13.3. The first-order chi connectivity index (χ1) is 9.90. The molecule has 1 aliphatic rings. The number of pyridine rings is 1. The predicted octanol–water partition coefficient (Wildman–Crippen LogP) is 0.914. The van der Waals surface area contributed by atoms with E-state index in [1.54, 1.807) is 24.1 Å². The molecular weight excluding hydrogens is 292 g/mol. The number of aliphatic hydroxyl groups excluding tert-OH is 1. The highest BCUT2D eigenvalue weighted by Crippen LogP contribution is 2.23. The Hall–Kier alpha value is -1.37. The Morgan fingerprint density at radius 1 is 1.57 bits per heavy atom. The van der Waals surface area contributed by atoms with Crippen LogP contribution in [0.1, 0.15) is 16.8 Å². The monoisotopic (exact) mass is 312 g/mol. The molecule has 0 saturated carbocycles.